The molecular formula is C16H11ClN4O6S. The summed E-state index contributed by atoms with van der Waals surface area (Å²) in [6.07, 6.45) is 0.978. The van der Waals surface area contributed by atoms with Gasteiger partial charge in [-0.3, -0.25) is 19.7 Å². The van der Waals surface area contributed by atoms with Crippen molar-refractivity contribution in [2.24, 2.45) is 10.2 Å². The van der Waals surface area contributed by atoms with Gasteiger partial charge in [-0.1, -0.05) is 23.4 Å². The van der Waals surface area contributed by atoms with Gasteiger partial charge in [0.15, 0.2) is 5.17 Å². The number of hydrogen-bond donors (Lipinski definition) is 2. The van der Waals surface area contributed by atoms with Gasteiger partial charge in [0.1, 0.15) is 21.8 Å². The Balaban J connectivity index is 1.70. The van der Waals surface area contributed by atoms with Crippen LogP contribution in [0.25, 0.3) is 11.3 Å². The van der Waals surface area contributed by atoms with Crippen LogP contribution in [0.3, 0.4) is 0 Å². The van der Waals surface area contributed by atoms with Crippen molar-refractivity contribution in [1.29, 1.82) is 0 Å². The number of nitrogens with one attached hydrogen (secondary N) is 1. The third-order valence-corrected chi connectivity index (χ3v) is 4.92. The van der Waals surface area contributed by atoms with E-state index in [0.717, 1.165) is 11.8 Å². The zero-order valence-electron chi connectivity index (χ0n) is 13.9. The summed E-state index contributed by atoms with van der Waals surface area (Å²) in [5, 5.41) is 29.2. The number of carbonyl (C=O) groups excluding carboxylic acids is 1. The Morgan fingerprint density at radius 3 is 2.93 bits per heavy atom. The second-order valence-corrected chi connectivity index (χ2v) is 7.07. The Morgan fingerprint density at radius 1 is 1.43 bits per heavy atom. The molecule has 0 aliphatic carbocycles. The van der Waals surface area contributed by atoms with Crippen molar-refractivity contribution >= 4 is 52.3 Å². The molecule has 1 saturated heterocycles. The molecular weight excluding hydrogens is 412 g/mol. The van der Waals surface area contributed by atoms with Gasteiger partial charge in [0.2, 0.25) is 5.91 Å². The number of carbonyl (C=O) groups is 2. The average Bonchev–Trinajstić information content (AvgIpc) is 3.22. The number of nitro groups is 1. The third-order valence-electron chi connectivity index (χ3n) is 3.52. The van der Waals surface area contributed by atoms with Gasteiger partial charge in [0.25, 0.3) is 5.69 Å². The lowest BCUT2D eigenvalue weighted by Gasteiger charge is -1.99. The van der Waals surface area contributed by atoms with E-state index in [9.17, 15) is 19.7 Å². The molecule has 1 aromatic carbocycles. The number of amidine groups is 1. The molecule has 12 heteroatoms. The predicted molar refractivity (Wildman–Crippen MR) is 103 cm³/mol. The van der Waals surface area contributed by atoms with E-state index in [1.54, 1.807) is 18.2 Å². The van der Waals surface area contributed by atoms with Crippen molar-refractivity contribution in [1.82, 2.24) is 5.32 Å². The highest BCUT2D eigenvalue weighted by Crippen LogP contribution is 2.31. The van der Waals surface area contributed by atoms with Crippen molar-refractivity contribution in [3.63, 3.8) is 0 Å². The summed E-state index contributed by atoms with van der Waals surface area (Å²) in [5.74, 6) is -0.818. The molecule has 0 spiro atoms. The quantitative estimate of drug-likeness (QED) is 0.413. The number of rotatable bonds is 6. The topological polar surface area (TPSA) is 147 Å². The molecule has 0 unspecified atom stereocenters. The van der Waals surface area contributed by atoms with Crippen LogP contribution in [-0.2, 0) is 9.59 Å². The Hall–Kier alpha value is -3.18. The maximum Gasteiger partial charge on any atom is 0.305 e. The van der Waals surface area contributed by atoms with E-state index in [0.29, 0.717) is 17.1 Å². The van der Waals surface area contributed by atoms with E-state index in [1.165, 1.54) is 18.3 Å². The summed E-state index contributed by atoms with van der Waals surface area (Å²) in [7, 11) is 0. The monoisotopic (exact) mass is 422 g/mol. The van der Waals surface area contributed by atoms with Crippen LogP contribution in [0.4, 0.5) is 5.69 Å². The number of carboxylic acid groups (broad SMARTS) is 1. The fourth-order valence-electron chi connectivity index (χ4n) is 2.27. The Bertz CT molecular complexity index is 1020. The van der Waals surface area contributed by atoms with Crippen LogP contribution < -0.4 is 5.32 Å². The van der Waals surface area contributed by atoms with Gasteiger partial charge in [0.05, 0.1) is 17.6 Å². The Morgan fingerprint density at radius 2 is 2.21 bits per heavy atom. The minimum Gasteiger partial charge on any atom is -0.481 e. The maximum absolute atomic E-state index is 11.6. The molecule has 0 bridgehead atoms. The van der Waals surface area contributed by atoms with Gasteiger partial charge in [-0.05, 0) is 24.3 Å². The molecule has 1 aliphatic heterocycles. The van der Waals surface area contributed by atoms with Gasteiger partial charge in [0, 0.05) is 11.6 Å². The summed E-state index contributed by atoms with van der Waals surface area (Å²) < 4.78 is 5.55. The predicted octanol–water partition coefficient (Wildman–Crippen LogP) is 2.90. The molecule has 28 heavy (non-hydrogen) atoms. The molecule has 2 N–H and O–H groups in total. The van der Waals surface area contributed by atoms with Gasteiger partial charge in [-0.25, -0.2) is 0 Å². The first-order valence-electron chi connectivity index (χ1n) is 7.68. The van der Waals surface area contributed by atoms with Crippen molar-refractivity contribution in [3.05, 3.63) is 51.2 Å². The number of carboxylic acids is 1. The Kier molecular flexibility index (Phi) is 5.76. The lowest BCUT2D eigenvalue weighted by Crippen LogP contribution is -2.26. The second kappa shape index (κ2) is 8.23. The van der Waals surface area contributed by atoms with Crippen molar-refractivity contribution in [3.8, 4) is 11.3 Å². The number of nitrogens with zero attached hydrogens (tertiary/aromatic N) is 3. The zero-order chi connectivity index (χ0) is 20.3. The number of thioether (sulfide) groups is 1. The average molecular weight is 423 g/mol. The van der Waals surface area contributed by atoms with Crippen LogP contribution >= 0.6 is 23.4 Å². The molecule has 10 nitrogen and oxygen atoms in total. The van der Waals surface area contributed by atoms with Crippen LogP contribution in [0.1, 0.15) is 12.2 Å². The second-order valence-electron chi connectivity index (χ2n) is 5.47. The molecule has 144 valence electrons. The van der Waals surface area contributed by atoms with Crippen LogP contribution in [0.5, 0.6) is 0 Å². The third kappa shape index (κ3) is 4.56. The zero-order valence-corrected chi connectivity index (χ0v) is 15.4. The highest BCUT2D eigenvalue weighted by Gasteiger charge is 2.32. The minimum atomic E-state index is -1.08. The molecule has 1 fully saturated rings. The lowest BCUT2D eigenvalue weighted by molar-refractivity contribution is -0.384. The van der Waals surface area contributed by atoms with Crippen molar-refractivity contribution in [2.45, 2.75) is 11.7 Å². The van der Waals surface area contributed by atoms with E-state index in [4.69, 9.17) is 21.1 Å². The molecule has 0 radical (unpaired) electrons. The molecule has 3 rings (SSSR count). The number of benzene rings is 1. The van der Waals surface area contributed by atoms with Crippen LogP contribution in [0.2, 0.25) is 5.02 Å². The molecule has 2 heterocycles. The van der Waals surface area contributed by atoms with Gasteiger partial charge in [-0.2, -0.15) is 5.10 Å². The molecule has 1 aliphatic rings. The fourth-order valence-corrected chi connectivity index (χ4v) is 3.37. The van der Waals surface area contributed by atoms with E-state index < -0.39 is 22.0 Å². The minimum absolute atomic E-state index is 0.0234. The first-order chi connectivity index (χ1) is 13.3. The highest BCUT2D eigenvalue weighted by molar-refractivity contribution is 8.15. The smallest absolute Gasteiger partial charge is 0.305 e. The van der Waals surface area contributed by atoms with E-state index in [-0.39, 0.29) is 22.3 Å². The number of aliphatic carboxylic acids is 1. The number of nitro benzene ring substituents is 1. The van der Waals surface area contributed by atoms with E-state index in [1.807, 2.05) is 0 Å². The van der Waals surface area contributed by atoms with E-state index >= 15 is 0 Å². The lowest BCUT2D eigenvalue weighted by atomic mass is 10.1. The molecule has 1 amide bonds. The SMILES string of the molecule is O=C(O)C[C@@H]1S/C(=N\N=C/c2ccc(-c3ccc(Cl)c([N+](=O)[O-])c3)o2)NC1=O. The summed E-state index contributed by atoms with van der Waals surface area (Å²) in [6.45, 7) is 0. The highest BCUT2D eigenvalue weighted by atomic mass is 35.5. The van der Waals surface area contributed by atoms with Gasteiger partial charge in [-0.15, -0.1) is 5.10 Å². The summed E-state index contributed by atoms with van der Waals surface area (Å²) >= 11 is 6.77. The summed E-state index contributed by atoms with van der Waals surface area (Å²) in [5.41, 5.74) is 0.235. The number of halogens is 1. The Labute approximate surface area is 166 Å². The van der Waals surface area contributed by atoms with Gasteiger partial charge >= 0.3 is 5.97 Å². The maximum atomic E-state index is 11.6. The largest absolute Gasteiger partial charge is 0.481 e. The standard InChI is InChI=1S/C16H11ClN4O6S/c17-10-3-1-8(5-11(10)21(25)26)12-4-2-9(27-12)7-18-20-16-19-15(24)13(28-16)6-14(22)23/h1-5,7,13H,6H2,(H,22,23)(H,19,20,24)/b18-7-/t13-/m0/s1. The molecule has 0 saturated carbocycles. The molecule has 2 aromatic rings. The van der Waals surface area contributed by atoms with Crippen LogP contribution in [0.15, 0.2) is 45.0 Å². The van der Waals surface area contributed by atoms with E-state index in [2.05, 4.69) is 15.5 Å². The molecule has 1 aromatic heterocycles. The number of furan rings is 1. The van der Waals surface area contributed by atoms with Gasteiger partial charge < -0.3 is 14.8 Å². The van der Waals surface area contributed by atoms with Crippen LogP contribution in [-0.4, -0.2) is 38.5 Å². The van der Waals surface area contributed by atoms with Crippen molar-refractivity contribution < 1.29 is 24.0 Å². The number of amides is 1. The summed E-state index contributed by atoms with van der Waals surface area (Å²) in [4.78, 5) is 32.7. The van der Waals surface area contributed by atoms with Crippen molar-refractivity contribution in [2.75, 3.05) is 0 Å². The first-order valence-corrected chi connectivity index (χ1v) is 8.93. The normalized spacial score (nSPS) is 18.0. The first kappa shape index (κ1) is 19.6. The fraction of sp³-hybridized carbons (Fsp3) is 0.125. The summed E-state index contributed by atoms with van der Waals surface area (Å²) in [6, 6.07) is 7.49. The number of hydrogen-bond acceptors (Lipinski definition) is 8. The van der Waals surface area contributed by atoms with Crippen LogP contribution in [0, 0.1) is 10.1 Å². The molecule has 1 atom stereocenters.